The molecule has 0 aliphatic carbocycles. The van der Waals surface area contributed by atoms with Crippen LogP contribution < -0.4 is 0 Å². The quantitative estimate of drug-likeness (QED) is 0.570. The molecule has 0 unspecified atom stereocenters. The molecule has 0 saturated carbocycles. The van der Waals surface area contributed by atoms with E-state index in [9.17, 15) is 14.4 Å². The minimum absolute atomic E-state index is 0.0146. The lowest BCUT2D eigenvalue weighted by molar-refractivity contribution is 0.0313. The molecule has 6 heteroatoms. The Labute approximate surface area is 171 Å². The van der Waals surface area contributed by atoms with Crippen molar-refractivity contribution in [2.45, 2.75) is 60.0 Å². The average molecular weight is 399 g/mol. The van der Waals surface area contributed by atoms with Crippen LogP contribution >= 0.6 is 0 Å². The molecule has 1 N–H and O–H groups in total. The van der Waals surface area contributed by atoms with Gasteiger partial charge in [-0.1, -0.05) is 45.0 Å². The number of H-pyrrole nitrogens is 1. The third-order valence-corrected chi connectivity index (χ3v) is 4.81. The van der Waals surface area contributed by atoms with Crippen LogP contribution in [-0.2, 0) is 14.9 Å². The number of nitrogens with one attached hydrogen (secondary N) is 1. The van der Waals surface area contributed by atoms with Gasteiger partial charge in [-0.05, 0) is 44.2 Å². The number of Topliss-reactive ketones (excluding diaryl/α,β-unsaturated/α-hetero) is 1. The number of ketones is 1. The van der Waals surface area contributed by atoms with Crippen molar-refractivity contribution in [2.24, 2.45) is 0 Å². The van der Waals surface area contributed by atoms with Crippen LogP contribution in [0.2, 0.25) is 0 Å². The van der Waals surface area contributed by atoms with E-state index in [4.69, 9.17) is 9.47 Å². The summed E-state index contributed by atoms with van der Waals surface area (Å²) in [6, 6.07) is 7.31. The molecule has 0 amide bonds. The minimum atomic E-state index is -0.961. The lowest BCUT2D eigenvalue weighted by Crippen LogP contribution is -2.25. The number of esters is 2. The highest BCUT2D eigenvalue weighted by atomic mass is 16.5. The SMILES string of the molecule is CCOC(=O)c1c(C)[nH]c(C(=O)O[C@@H](C)C(=O)c2ccc(C(C)(C)C)cc2)c1C. The fourth-order valence-corrected chi connectivity index (χ4v) is 3.11. The summed E-state index contributed by atoms with van der Waals surface area (Å²) in [5.74, 6) is -1.47. The Balaban J connectivity index is 2.15. The minimum Gasteiger partial charge on any atom is -0.462 e. The summed E-state index contributed by atoms with van der Waals surface area (Å²) in [6.07, 6.45) is -0.961. The van der Waals surface area contributed by atoms with E-state index in [2.05, 4.69) is 25.8 Å². The van der Waals surface area contributed by atoms with E-state index in [-0.39, 0.29) is 23.5 Å². The summed E-state index contributed by atoms with van der Waals surface area (Å²) in [6.45, 7) is 13.1. The number of rotatable bonds is 6. The second-order valence-electron chi connectivity index (χ2n) is 8.08. The smallest absolute Gasteiger partial charge is 0.355 e. The normalized spacial score (nSPS) is 12.4. The van der Waals surface area contributed by atoms with E-state index < -0.39 is 18.0 Å². The molecule has 0 bridgehead atoms. The van der Waals surface area contributed by atoms with E-state index in [1.807, 2.05) is 12.1 Å². The van der Waals surface area contributed by atoms with Crippen LogP contribution in [0.4, 0.5) is 0 Å². The summed E-state index contributed by atoms with van der Waals surface area (Å²) in [4.78, 5) is 40.2. The molecular weight excluding hydrogens is 370 g/mol. The van der Waals surface area contributed by atoms with Crippen molar-refractivity contribution < 1.29 is 23.9 Å². The molecule has 1 atom stereocenters. The van der Waals surface area contributed by atoms with Gasteiger partial charge in [0.25, 0.3) is 0 Å². The summed E-state index contributed by atoms with van der Waals surface area (Å²) < 4.78 is 10.4. The molecule has 6 nitrogen and oxygen atoms in total. The fourth-order valence-electron chi connectivity index (χ4n) is 3.11. The maximum absolute atomic E-state index is 12.7. The second-order valence-corrected chi connectivity index (χ2v) is 8.08. The first-order valence-corrected chi connectivity index (χ1v) is 9.69. The summed E-state index contributed by atoms with van der Waals surface area (Å²) in [5, 5.41) is 0. The number of hydrogen-bond donors (Lipinski definition) is 1. The predicted octanol–water partition coefficient (Wildman–Crippen LogP) is 4.53. The van der Waals surface area contributed by atoms with E-state index in [1.54, 1.807) is 32.9 Å². The lowest BCUT2D eigenvalue weighted by Gasteiger charge is -2.19. The van der Waals surface area contributed by atoms with Crippen LogP contribution in [0.25, 0.3) is 0 Å². The van der Waals surface area contributed by atoms with Gasteiger partial charge in [0.2, 0.25) is 5.78 Å². The molecule has 0 radical (unpaired) electrons. The summed E-state index contributed by atoms with van der Waals surface area (Å²) >= 11 is 0. The largest absolute Gasteiger partial charge is 0.462 e. The van der Waals surface area contributed by atoms with Crippen molar-refractivity contribution in [3.05, 3.63) is 57.9 Å². The Morgan fingerprint density at radius 2 is 1.62 bits per heavy atom. The third-order valence-electron chi connectivity index (χ3n) is 4.81. The Morgan fingerprint density at radius 3 is 2.14 bits per heavy atom. The van der Waals surface area contributed by atoms with Gasteiger partial charge in [0, 0.05) is 11.3 Å². The Hall–Kier alpha value is -2.89. The monoisotopic (exact) mass is 399 g/mol. The topological polar surface area (TPSA) is 85.5 Å². The van der Waals surface area contributed by atoms with Gasteiger partial charge in [-0.15, -0.1) is 0 Å². The highest BCUT2D eigenvalue weighted by Gasteiger charge is 2.27. The van der Waals surface area contributed by atoms with Gasteiger partial charge in [-0.25, -0.2) is 9.59 Å². The number of benzene rings is 1. The molecule has 1 heterocycles. The van der Waals surface area contributed by atoms with Gasteiger partial charge in [0.05, 0.1) is 12.2 Å². The van der Waals surface area contributed by atoms with Crippen LogP contribution in [0.15, 0.2) is 24.3 Å². The first-order valence-electron chi connectivity index (χ1n) is 9.69. The molecule has 2 rings (SSSR count). The van der Waals surface area contributed by atoms with Crippen LogP contribution in [0.5, 0.6) is 0 Å². The number of aryl methyl sites for hydroxylation is 1. The molecule has 2 aromatic rings. The van der Waals surface area contributed by atoms with Crippen LogP contribution in [-0.4, -0.2) is 35.4 Å². The molecule has 0 spiro atoms. The number of carbonyl (C=O) groups excluding carboxylic acids is 3. The highest BCUT2D eigenvalue weighted by molar-refractivity contribution is 6.02. The molecule has 156 valence electrons. The van der Waals surface area contributed by atoms with Crippen molar-refractivity contribution in [1.29, 1.82) is 0 Å². The van der Waals surface area contributed by atoms with Gasteiger partial charge in [0.1, 0.15) is 5.69 Å². The highest BCUT2D eigenvalue weighted by Crippen LogP contribution is 2.23. The van der Waals surface area contributed by atoms with E-state index in [0.29, 0.717) is 22.4 Å². The number of hydrogen-bond acceptors (Lipinski definition) is 5. The zero-order valence-electron chi connectivity index (χ0n) is 18.1. The van der Waals surface area contributed by atoms with Gasteiger partial charge >= 0.3 is 11.9 Å². The van der Waals surface area contributed by atoms with Crippen LogP contribution in [0.3, 0.4) is 0 Å². The van der Waals surface area contributed by atoms with Crippen molar-refractivity contribution in [1.82, 2.24) is 4.98 Å². The number of aromatic amines is 1. The lowest BCUT2D eigenvalue weighted by atomic mass is 9.86. The number of ether oxygens (including phenoxy) is 2. The van der Waals surface area contributed by atoms with Crippen LogP contribution in [0.1, 0.15) is 82.6 Å². The molecule has 1 aromatic carbocycles. The Morgan fingerprint density at radius 1 is 1.03 bits per heavy atom. The van der Waals surface area contributed by atoms with Gasteiger partial charge in [0.15, 0.2) is 6.10 Å². The van der Waals surface area contributed by atoms with Gasteiger partial charge in [-0.2, -0.15) is 0 Å². The molecule has 0 aliphatic heterocycles. The van der Waals surface area contributed by atoms with Crippen molar-refractivity contribution >= 4 is 17.7 Å². The molecule has 0 fully saturated rings. The fraction of sp³-hybridized carbons (Fsp3) is 0.435. The molecule has 0 aliphatic rings. The number of carbonyl (C=O) groups is 3. The predicted molar refractivity (Wildman–Crippen MR) is 111 cm³/mol. The maximum Gasteiger partial charge on any atom is 0.355 e. The van der Waals surface area contributed by atoms with E-state index in [0.717, 1.165) is 5.56 Å². The summed E-state index contributed by atoms with van der Waals surface area (Å²) in [7, 11) is 0. The first-order chi connectivity index (χ1) is 13.5. The first kappa shape index (κ1) is 22.4. The standard InChI is InChI=1S/C23H29NO5/c1-8-28-21(26)18-13(2)19(24-14(18)3)22(27)29-15(4)20(25)16-9-11-17(12-10-16)23(5,6)7/h9-12,15,24H,8H2,1-7H3/t15-/m0/s1. The second kappa shape index (κ2) is 8.64. The van der Waals surface area contributed by atoms with Gasteiger partial charge < -0.3 is 14.5 Å². The third kappa shape index (κ3) is 4.94. The summed E-state index contributed by atoms with van der Waals surface area (Å²) in [5.41, 5.74) is 3.00. The van der Waals surface area contributed by atoms with Crippen molar-refractivity contribution in [3.8, 4) is 0 Å². The van der Waals surface area contributed by atoms with E-state index in [1.165, 1.54) is 6.92 Å². The zero-order valence-corrected chi connectivity index (χ0v) is 18.1. The average Bonchev–Trinajstić information content (AvgIpc) is 2.95. The van der Waals surface area contributed by atoms with Crippen molar-refractivity contribution in [2.75, 3.05) is 6.61 Å². The van der Waals surface area contributed by atoms with Gasteiger partial charge in [-0.3, -0.25) is 4.79 Å². The maximum atomic E-state index is 12.7. The zero-order chi connectivity index (χ0) is 21.9. The Kier molecular flexibility index (Phi) is 6.67. The number of aromatic nitrogens is 1. The molecular formula is C23H29NO5. The van der Waals surface area contributed by atoms with Crippen molar-refractivity contribution in [3.63, 3.8) is 0 Å². The molecule has 29 heavy (non-hydrogen) atoms. The molecule has 0 saturated heterocycles. The Bertz CT molecular complexity index is 916. The molecule has 1 aromatic heterocycles. The van der Waals surface area contributed by atoms with Crippen LogP contribution in [0, 0.1) is 13.8 Å². The van der Waals surface area contributed by atoms with E-state index >= 15 is 0 Å².